The number of allylic oxidation sites excluding steroid dienone is 1. The second-order valence-electron chi connectivity index (χ2n) is 12.3. The summed E-state index contributed by atoms with van der Waals surface area (Å²) < 4.78 is 1.29. The van der Waals surface area contributed by atoms with E-state index < -0.39 is 0 Å². The summed E-state index contributed by atoms with van der Waals surface area (Å²) in [6.45, 7) is 0. The highest BCUT2D eigenvalue weighted by atomic mass is 32.1. The third-order valence-corrected chi connectivity index (χ3v) is 10.6. The first kappa shape index (κ1) is 28.5. The van der Waals surface area contributed by atoms with Crippen molar-refractivity contribution < 1.29 is 0 Å². The van der Waals surface area contributed by atoms with Crippen LogP contribution in [0.25, 0.3) is 50.6 Å². The molecule has 0 amide bonds. The zero-order chi connectivity index (χ0) is 31.9. The molecule has 1 heterocycles. The van der Waals surface area contributed by atoms with E-state index >= 15 is 0 Å². The minimum Gasteiger partial charge on any atom is -0.310 e. The van der Waals surface area contributed by atoms with Gasteiger partial charge in [-0.1, -0.05) is 146 Å². The smallest absolute Gasteiger partial charge is 0.124 e. The second kappa shape index (κ2) is 12.1. The zero-order valence-corrected chi connectivity index (χ0v) is 27.1. The van der Waals surface area contributed by atoms with Gasteiger partial charge in [-0.15, -0.1) is 11.3 Å². The fourth-order valence-electron chi connectivity index (χ4n) is 7.06. The number of aromatic nitrogens is 1. The van der Waals surface area contributed by atoms with Gasteiger partial charge in [-0.05, 0) is 70.1 Å². The van der Waals surface area contributed by atoms with E-state index in [1.165, 1.54) is 49.0 Å². The Balaban J connectivity index is 1.24. The lowest BCUT2D eigenvalue weighted by Crippen LogP contribution is -2.31. The van der Waals surface area contributed by atoms with E-state index in [1.807, 2.05) is 11.3 Å². The number of fused-ring (bicyclic) bond motifs is 4. The maximum Gasteiger partial charge on any atom is 0.124 e. The van der Waals surface area contributed by atoms with Crippen LogP contribution in [0.3, 0.4) is 0 Å². The average molecular weight is 633 g/mol. The molecule has 2 nitrogen and oxygen atoms in total. The molecule has 0 aliphatic heterocycles. The van der Waals surface area contributed by atoms with Crippen molar-refractivity contribution in [1.82, 2.24) is 4.98 Å². The van der Waals surface area contributed by atoms with Crippen molar-refractivity contribution in [3.05, 3.63) is 185 Å². The molecule has 0 radical (unpaired) electrons. The average Bonchev–Trinajstić information content (AvgIpc) is 3.61. The van der Waals surface area contributed by atoms with Crippen molar-refractivity contribution in [2.24, 2.45) is 5.92 Å². The standard InChI is InChI=1S/C45H32N2S/c1-4-12-31(13-5-1)32-22-26-37(27-23-32)47(42-19-11-10-18-39(42)33-14-6-2-7-15-33)38-28-24-34-20-21-35-25-29-41-44(43(35)40(34)30-38)48-45(46-41)36-16-8-3-9-17-36/h1-24,26-30,35H,25H2. The van der Waals surface area contributed by atoms with Crippen LogP contribution in [-0.2, 0) is 0 Å². The van der Waals surface area contributed by atoms with E-state index in [-0.39, 0.29) is 0 Å². The first-order chi connectivity index (χ1) is 23.8. The number of anilines is 3. The van der Waals surface area contributed by atoms with Crippen LogP contribution in [0.1, 0.15) is 17.5 Å². The van der Waals surface area contributed by atoms with Crippen molar-refractivity contribution in [2.75, 3.05) is 4.90 Å². The topological polar surface area (TPSA) is 16.1 Å². The highest BCUT2D eigenvalue weighted by Crippen LogP contribution is 2.44. The van der Waals surface area contributed by atoms with Crippen LogP contribution in [0.2, 0.25) is 0 Å². The number of benzene rings is 6. The Morgan fingerprint density at radius 2 is 1.19 bits per heavy atom. The third kappa shape index (κ3) is 5.10. The van der Waals surface area contributed by atoms with E-state index in [4.69, 9.17) is 4.98 Å². The molecule has 0 saturated heterocycles. The molecule has 48 heavy (non-hydrogen) atoms. The molecule has 0 spiro atoms. The number of nitrogens with zero attached hydrogens (tertiary/aromatic N) is 2. The molecule has 6 aromatic carbocycles. The van der Waals surface area contributed by atoms with E-state index in [9.17, 15) is 0 Å². The van der Waals surface area contributed by atoms with Gasteiger partial charge >= 0.3 is 0 Å². The molecule has 0 N–H and O–H groups in total. The number of hydrogen-bond acceptors (Lipinski definition) is 3. The van der Waals surface area contributed by atoms with Crippen molar-refractivity contribution in [3.8, 4) is 32.8 Å². The minimum absolute atomic E-state index is 0.333. The van der Waals surface area contributed by atoms with Crippen LogP contribution in [-0.4, -0.2) is 4.98 Å². The summed E-state index contributed by atoms with van der Waals surface area (Å²) in [4.78, 5) is 7.54. The van der Waals surface area contributed by atoms with Crippen molar-refractivity contribution in [3.63, 3.8) is 0 Å². The van der Waals surface area contributed by atoms with Gasteiger partial charge in [0.1, 0.15) is 5.01 Å². The Hall–Kier alpha value is -5.77. The van der Waals surface area contributed by atoms with E-state index in [2.05, 4.69) is 181 Å². The molecule has 2 aliphatic rings. The van der Waals surface area contributed by atoms with E-state index in [0.29, 0.717) is 5.92 Å². The van der Waals surface area contributed by atoms with Gasteiger partial charge in [0.2, 0.25) is 0 Å². The monoisotopic (exact) mass is 632 g/mol. The highest BCUT2D eigenvalue weighted by molar-refractivity contribution is 7.13. The molecule has 1 atom stereocenters. The van der Waals surface area contributed by atoms with Crippen LogP contribution in [0, 0.1) is 5.92 Å². The second-order valence-corrected chi connectivity index (χ2v) is 13.3. The molecule has 2 aliphatic carbocycles. The lowest BCUT2D eigenvalue weighted by molar-refractivity contribution is 0.860. The third-order valence-electron chi connectivity index (χ3n) is 9.41. The minimum atomic E-state index is 0.333. The van der Waals surface area contributed by atoms with Crippen molar-refractivity contribution in [2.45, 2.75) is 6.42 Å². The van der Waals surface area contributed by atoms with Gasteiger partial charge in [0.05, 0.1) is 15.6 Å². The predicted molar refractivity (Wildman–Crippen MR) is 203 cm³/mol. The Kier molecular flexibility index (Phi) is 7.18. The van der Waals surface area contributed by atoms with Gasteiger partial charge in [-0.25, -0.2) is 4.98 Å². The molecule has 9 rings (SSSR count). The summed E-state index contributed by atoms with van der Waals surface area (Å²) in [5, 5.41) is 2.19. The van der Waals surface area contributed by atoms with E-state index in [0.717, 1.165) is 33.8 Å². The lowest BCUT2D eigenvalue weighted by atomic mass is 9.81. The molecular weight excluding hydrogens is 601 g/mol. The number of thiazole rings is 1. The zero-order valence-electron chi connectivity index (χ0n) is 26.3. The largest absolute Gasteiger partial charge is 0.310 e. The molecule has 7 aromatic rings. The Morgan fingerprint density at radius 1 is 0.562 bits per heavy atom. The van der Waals surface area contributed by atoms with Crippen LogP contribution < -0.4 is 14.8 Å². The van der Waals surface area contributed by atoms with Gasteiger partial charge in [-0.2, -0.15) is 0 Å². The summed E-state index contributed by atoms with van der Waals surface area (Å²) in [6, 6.07) is 56.6. The molecule has 0 saturated carbocycles. The number of para-hydroxylation sites is 1. The molecule has 1 unspecified atom stereocenters. The summed E-state index contributed by atoms with van der Waals surface area (Å²) in [5.74, 6) is 0.333. The summed E-state index contributed by atoms with van der Waals surface area (Å²) >= 11 is 1.82. The first-order valence-electron chi connectivity index (χ1n) is 16.5. The number of hydrogen-bond donors (Lipinski definition) is 0. The normalized spacial score (nSPS) is 14.4. The van der Waals surface area contributed by atoms with Gasteiger partial charge in [0, 0.05) is 28.4 Å². The SMILES string of the molecule is C1=CC2CC=c3nc(-c4ccccc4)sc3=C2c2cc(N(c3ccc(-c4ccccc4)cc3)c3ccccc3-c3ccccc3)ccc21. The molecule has 0 bridgehead atoms. The molecule has 228 valence electrons. The van der Waals surface area contributed by atoms with Crippen LogP contribution in [0.4, 0.5) is 17.1 Å². The summed E-state index contributed by atoms with van der Waals surface area (Å²) in [6.07, 6.45) is 7.97. The first-order valence-corrected chi connectivity index (χ1v) is 17.3. The Labute approximate surface area is 285 Å². The Bertz CT molecular complexity index is 2410. The highest BCUT2D eigenvalue weighted by Gasteiger charge is 2.26. The fraction of sp³-hybridized carbons (Fsp3) is 0.0444. The van der Waals surface area contributed by atoms with E-state index in [1.54, 1.807) is 0 Å². The maximum atomic E-state index is 5.12. The van der Waals surface area contributed by atoms with Crippen LogP contribution >= 0.6 is 11.3 Å². The van der Waals surface area contributed by atoms with Crippen LogP contribution in [0.5, 0.6) is 0 Å². The molecule has 0 fully saturated rings. The van der Waals surface area contributed by atoms with Gasteiger partial charge in [0.25, 0.3) is 0 Å². The predicted octanol–water partition coefficient (Wildman–Crippen LogP) is 10.6. The van der Waals surface area contributed by atoms with Crippen molar-refractivity contribution >= 4 is 46.1 Å². The lowest BCUT2D eigenvalue weighted by Gasteiger charge is -2.30. The van der Waals surface area contributed by atoms with Gasteiger partial charge in [0.15, 0.2) is 0 Å². The van der Waals surface area contributed by atoms with Crippen LogP contribution in [0.15, 0.2) is 164 Å². The Morgan fingerprint density at radius 3 is 1.94 bits per heavy atom. The summed E-state index contributed by atoms with van der Waals surface area (Å²) in [7, 11) is 0. The molecule has 3 heteroatoms. The fourth-order valence-corrected chi connectivity index (χ4v) is 8.26. The van der Waals surface area contributed by atoms with Gasteiger partial charge in [-0.3, -0.25) is 0 Å². The molecule has 1 aromatic heterocycles. The summed E-state index contributed by atoms with van der Waals surface area (Å²) in [5.41, 5.74) is 13.3. The quantitative estimate of drug-likeness (QED) is 0.181. The molecular formula is C45H32N2S. The maximum absolute atomic E-state index is 5.12. The van der Waals surface area contributed by atoms with Crippen molar-refractivity contribution in [1.29, 1.82) is 0 Å². The number of rotatable bonds is 6. The van der Waals surface area contributed by atoms with Gasteiger partial charge < -0.3 is 4.90 Å².